The first-order valence-corrected chi connectivity index (χ1v) is 9.73. The summed E-state index contributed by atoms with van der Waals surface area (Å²) in [7, 11) is 3.15. The number of esters is 1. The highest BCUT2D eigenvalue weighted by Gasteiger charge is 2.37. The molecule has 158 valence electrons. The zero-order valence-electron chi connectivity index (χ0n) is 17.6. The average Bonchev–Trinajstić information content (AvgIpc) is 2.74. The number of benzene rings is 2. The van der Waals surface area contributed by atoms with Crippen molar-refractivity contribution < 1.29 is 23.8 Å². The fourth-order valence-corrected chi connectivity index (χ4v) is 3.37. The first-order chi connectivity index (χ1) is 14.5. The summed E-state index contributed by atoms with van der Waals surface area (Å²) in [4.78, 5) is 27.0. The van der Waals surface area contributed by atoms with Crippen molar-refractivity contribution >= 4 is 12.0 Å². The summed E-state index contributed by atoms with van der Waals surface area (Å²) in [6.45, 7) is 3.93. The maximum atomic E-state index is 12.9. The zero-order chi connectivity index (χ0) is 21.7. The van der Waals surface area contributed by atoms with Crippen LogP contribution in [0.25, 0.3) is 0 Å². The van der Waals surface area contributed by atoms with Gasteiger partial charge in [0.1, 0.15) is 6.61 Å². The van der Waals surface area contributed by atoms with Gasteiger partial charge >= 0.3 is 12.0 Å². The minimum Gasteiger partial charge on any atom is -0.493 e. The molecule has 2 amide bonds. The number of carbonyl (C=O) groups excluding carboxylic acids is 2. The molecule has 0 unspecified atom stereocenters. The molecule has 2 aromatic rings. The first kappa shape index (κ1) is 21.2. The fourth-order valence-electron chi connectivity index (χ4n) is 3.37. The first-order valence-electron chi connectivity index (χ1n) is 9.73. The van der Waals surface area contributed by atoms with Crippen LogP contribution in [0.3, 0.4) is 0 Å². The van der Waals surface area contributed by atoms with E-state index >= 15 is 0 Å². The van der Waals surface area contributed by atoms with Gasteiger partial charge in [-0.05, 0) is 31.5 Å². The monoisotopic (exact) mass is 410 g/mol. The number of nitrogens with zero attached hydrogens (tertiary/aromatic N) is 1. The number of aryl methyl sites for hydroxylation is 1. The van der Waals surface area contributed by atoms with Gasteiger partial charge in [-0.15, -0.1) is 0 Å². The highest BCUT2D eigenvalue weighted by Crippen LogP contribution is 2.33. The van der Waals surface area contributed by atoms with E-state index in [4.69, 9.17) is 14.2 Å². The van der Waals surface area contributed by atoms with Crippen molar-refractivity contribution in [3.05, 3.63) is 70.9 Å². The molecule has 0 fully saturated rings. The number of urea groups is 1. The molecule has 30 heavy (non-hydrogen) atoms. The molecule has 0 aliphatic carbocycles. The van der Waals surface area contributed by atoms with Crippen molar-refractivity contribution in [1.82, 2.24) is 10.2 Å². The third kappa shape index (κ3) is 4.40. The van der Waals surface area contributed by atoms with E-state index in [0.29, 0.717) is 22.8 Å². The molecule has 7 heteroatoms. The van der Waals surface area contributed by atoms with Gasteiger partial charge in [-0.3, -0.25) is 4.90 Å². The predicted octanol–water partition coefficient (Wildman–Crippen LogP) is 3.60. The molecular weight excluding hydrogens is 384 g/mol. The van der Waals surface area contributed by atoms with E-state index in [9.17, 15) is 9.59 Å². The quantitative estimate of drug-likeness (QED) is 0.706. The van der Waals surface area contributed by atoms with Crippen LogP contribution in [-0.4, -0.2) is 44.3 Å². The third-order valence-corrected chi connectivity index (χ3v) is 4.88. The number of para-hydroxylation sites is 2. The Morgan fingerprint density at radius 3 is 2.53 bits per heavy atom. The van der Waals surface area contributed by atoms with Gasteiger partial charge in [0.2, 0.25) is 0 Å². The van der Waals surface area contributed by atoms with E-state index in [2.05, 4.69) is 5.32 Å². The number of hydrogen-bond acceptors (Lipinski definition) is 5. The van der Waals surface area contributed by atoms with E-state index in [1.807, 2.05) is 43.3 Å². The van der Waals surface area contributed by atoms with Crippen LogP contribution < -0.4 is 14.8 Å². The Kier molecular flexibility index (Phi) is 6.61. The number of carbonyl (C=O) groups is 2. The molecule has 0 saturated heterocycles. The van der Waals surface area contributed by atoms with Gasteiger partial charge in [0, 0.05) is 7.05 Å². The lowest BCUT2D eigenvalue weighted by Gasteiger charge is -2.34. The maximum Gasteiger partial charge on any atom is 0.338 e. The molecule has 1 aliphatic rings. The number of ether oxygens (including phenoxy) is 3. The minimum absolute atomic E-state index is 0.000751. The third-order valence-electron chi connectivity index (χ3n) is 4.88. The van der Waals surface area contributed by atoms with Crippen LogP contribution >= 0.6 is 0 Å². The SMILES string of the molecule is CCOC(=O)C1=C(COc2ccccc2OC)N(C)C(=O)N[C@H]1c1cccc(C)c1. The Morgan fingerprint density at radius 1 is 1.13 bits per heavy atom. The molecule has 1 atom stereocenters. The van der Waals surface area contributed by atoms with Crippen LogP contribution in [0.2, 0.25) is 0 Å². The Morgan fingerprint density at radius 2 is 1.87 bits per heavy atom. The van der Waals surface area contributed by atoms with Gasteiger partial charge < -0.3 is 19.5 Å². The van der Waals surface area contributed by atoms with E-state index in [1.54, 1.807) is 33.2 Å². The summed E-state index contributed by atoms with van der Waals surface area (Å²) in [5.41, 5.74) is 2.61. The number of hydrogen-bond donors (Lipinski definition) is 1. The van der Waals surface area contributed by atoms with Crippen molar-refractivity contribution in [2.24, 2.45) is 0 Å². The molecule has 0 bridgehead atoms. The summed E-state index contributed by atoms with van der Waals surface area (Å²) in [6, 6.07) is 13.9. The lowest BCUT2D eigenvalue weighted by atomic mass is 9.94. The Labute approximate surface area is 176 Å². The van der Waals surface area contributed by atoms with Crippen molar-refractivity contribution in [1.29, 1.82) is 0 Å². The Bertz CT molecular complexity index is 970. The zero-order valence-corrected chi connectivity index (χ0v) is 17.6. The molecule has 1 aliphatic heterocycles. The van der Waals surface area contributed by atoms with E-state index in [-0.39, 0.29) is 19.2 Å². The molecule has 0 radical (unpaired) electrons. The predicted molar refractivity (Wildman–Crippen MR) is 112 cm³/mol. The maximum absolute atomic E-state index is 12.9. The standard InChI is InChI=1S/C23H26N2O5/c1-5-29-22(26)20-17(14-30-19-12-7-6-11-18(19)28-4)25(3)23(27)24-21(20)16-10-8-9-15(2)13-16/h6-13,21H,5,14H2,1-4H3,(H,24,27)/t21-/m0/s1. The normalized spacial score (nSPS) is 16.2. The summed E-state index contributed by atoms with van der Waals surface area (Å²) >= 11 is 0. The van der Waals surface area contributed by atoms with Gasteiger partial charge in [-0.1, -0.05) is 42.0 Å². The molecule has 0 aromatic heterocycles. The number of likely N-dealkylation sites (N-methyl/N-ethyl adjacent to an activating group) is 1. The largest absolute Gasteiger partial charge is 0.493 e. The number of nitrogens with one attached hydrogen (secondary N) is 1. The number of amides is 2. The van der Waals surface area contributed by atoms with Gasteiger partial charge in [-0.25, -0.2) is 9.59 Å². The smallest absolute Gasteiger partial charge is 0.338 e. The molecule has 0 saturated carbocycles. The second kappa shape index (κ2) is 9.35. The number of rotatable bonds is 7. The Balaban J connectivity index is 2.05. The van der Waals surface area contributed by atoms with E-state index in [0.717, 1.165) is 11.1 Å². The molecule has 7 nitrogen and oxygen atoms in total. The number of methoxy groups -OCH3 is 1. The Hall–Kier alpha value is -3.48. The van der Waals surface area contributed by atoms with Crippen LogP contribution in [0.15, 0.2) is 59.8 Å². The van der Waals surface area contributed by atoms with Crippen molar-refractivity contribution in [3.63, 3.8) is 0 Å². The average molecular weight is 410 g/mol. The van der Waals surface area contributed by atoms with Crippen LogP contribution in [0.4, 0.5) is 4.79 Å². The van der Waals surface area contributed by atoms with E-state index < -0.39 is 12.0 Å². The molecular formula is C23H26N2O5. The van der Waals surface area contributed by atoms with Crippen LogP contribution in [-0.2, 0) is 9.53 Å². The highest BCUT2D eigenvalue weighted by atomic mass is 16.5. The molecule has 3 rings (SSSR count). The molecule has 1 N–H and O–H groups in total. The summed E-state index contributed by atoms with van der Waals surface area (Å²) in [5.74, 6) is 0.589. The van der Waals surface area contributed by atoms with Crippen LogP contribution in [0, 0.1) is 6.92 Å². The molecule has 1 heterocycles. The van der Waals surface area contributed by atoms with Gasteiger partial charge in [-0.2, -0.15) is 0 Å². The molecule has 0 spiro atoms. The second-order valence-corrected chi connectivity index (χ2v) is 6.88. The summed E-state index contributed by atoms with van der Waals surface area (Å²) < 4.78 is 16.6. The topological polar surface area (TPSA) is 77.1 Å². The van der Waals surface area contributed by atoms with Gasteiger partial charge in [0.05, 0.1) is 31.0 Å². The summed E-state index contributed by atoms with van der Waals surface area (Å²) in [6.07, 6.45) is 0. The van der Waals surface area contributed by atoms with Crippen molar-refractivity contribution in [3.8, 4) is 11.5 Å². The fraction of sp³-hybridized carbons (Fsp3) is 0.304. The minimum atomic E-state index is -0.635. The second-order valence-electron chi connectivity index (χ2n) is 6.88. The van der Waals surface area contributed by atoms with Crippen LogP contribution in [0.5, 0.6) is 11.5 Å². The van der Waals surface area contributed by atoms with Crippen molar-refractivity contribution in [2.45, 2.75) is 19.9 Å². The molecule has 2 aromatic carbocycles. The lowest BCUT2D eigenvalue weighted by molar-refractivity contribution is -0.139. The van der Waals surface area contributed by atoms with Crippen molar-refractivity contribution in [2.75, 3.05) is 27.4 Å². The highest BCUT2D eigenvalue weighted by molar-refractivity contribution is 5.95. The van der Waals surface area contributed by atoms with Gasteiger partial charge in [0.15, 0.2) is 11.5 Å². The lowest BCUT2D eigenvalue weighted by Crippen LogP contribution is -2.48. The van der Waals surface area contributed by atoms with E-state index in [1.165, 1.54) is 4.90 Å². The van der Waals surface area contributed by atoms with Gasteiger partial charge in [0.25, 0.3) is 0 Å². The van der Waals surface area contributed by atoms with Crippen LogP contribution in [0.1, 0.15) is 24.1 Å². The summed E-state index contributed by atoms with van der Waals surface area (Å²) in [5, 5.41) is 2.90.